The van der Waals surface area contributed by atoms with Gasteiger partial charge in [0, 0.05) is 19.1 Å². The first-order chi connectivity index (χ1) is 7.81. The van der Waals surface area contributed by atoms with Crippen LogP contribution in [0, 0.1) is 0 Å². The molecule has 0 saturated carbocycles. The van der Waals surface area contributed by atoms with Crippen LogP contribution in [0.4, 0.5) is 0 Å². The summed E-state index contributed by atoms with van der Waals surface area (Å²) in [6.45, 7) is 7.61. The zero-order valence-electron chi connectivity index (χ0n) is 9.13. The number of carboxylic acids is 2. The highest BCUT2D eigenvalue weighted by Gasteiger charge is 1.88. The molecule has 0 unspecified atom stereocenters. The summed E-state index contributed by atoms with van der Waals surface area (Å²) in [6, 6.07) is 0. The van der Waals surface area contributed by atoms with Crippen LogP contribution in [0.15, 0.2) is 37.1 Å². The Balaban J connectivity index is -0.000000193. The molecule has 0 radical (unpaired) electrons. The SMILES string of the molecule is C=CCl.C=COC(C)=O.O=C(O)C=CC(=O)O. The van der Waals surface area contributed by atoms with Crippen molar-refractivity contribution in [2.75, 3.05) is 0 Å². The third kappa shape index (κ3) is 56.4. The predicted octanol–water partition coefficient (Wildman–Crippen LogP) is 1.77. The lowest BCUT2D eigenvalue weighted by Gasteiger charge is -1.83. The summed E-state index contributed by atoms with van der Waals surface area (Å²) >= 11 is 4.76. The van der Waals surface area contributed by atoms with Crippen LogP contribution >= 0.6 is 11.6 Å². The molecular formula is C10H13ClO6. The number of ether oxygens (including phenoxy) is 1. The van der Waals surface area contributed by atoms with E-state index < -0.39 is 11.9 Å². The summed E-state index contributed by atoms with van der Waals surface area (Å²) in [5, 5.41) is 15.6. The van der Waals surface area contributed by atoms with Gasteiger partial charge in [0.1, 0.15) is 0 Å². The first-order valence-electron chi connectivity index (χ1n) is 3.94. The fourth-order valence-electron chi connectivity index (χ4n) is 0.260. The normalized spacial score (nSPS) is 7.65. The fraction of sp³-hybridized carbons (Fsp3) is 0.100. The van der Waals surface area contributed by atoms with E-state index in [1.165, 1.54) is 12.5 Å². The molecule has 0 saturated heterocycles. The van der Waals surface area contributed by atoms with Crippen molar-refractivity contribution in [2.24, 2.45) is 0 Å². The Kier molecular flexibility index (Phi) is 19.6. The summed E-state index contributed by atoms with van der Waals surface area (Å²) in [6.07, 6.45) is 2.22. The van der Waals surface area contributed by atoms with E-state index in [4.69, 9.17) is 21.8 Å². The molecule has 0 bridgehead atoms. The summed E-state index contributed by atoms with van der Waals surface area (Å²) < 4.78 is 4.17. The van der Waals surface area contributed by atoms with Crippen LogP contribution in [-0.4, -0.2) is 28.1 Å². The van der Waals surface area contributed by atoms with Crippen LogP contribution in [0.3, 0.4) is 0 Å². The van der Waals surface area contributed by atoms with Crippen molar-refractivity contribution in [1.82, 2.24) is 0 Å². The fourth-order valence-corrected chi connectivity index (χ4v) is 0.260. The number of carbonyl (C=O) groups excluding carboxylic acids is 1. The minimum absolute atomic E-state index is 0.329. The summed E-state index contributed by atoms with van der Waals surface area (Å²) in [5.41, 5.74) is 1.22. The largest absolute Gasteiger partial charge is 0.478 e. The Bertz CT molecular complexity index is 279. The van der Waals surface area contributed by atoms with E-state index in [1.54, 1.807) is 0 Å². The molecule has 6 nitrogen and oxygen atoms in total. The van der Waals surface area contributed by atoms with Crippen molar-refractivity contribution in [3.8, 4) is 0 Å². The van der Waals surface area contributed by atoms with Crippen molar-refractivity contribution in [3.05, 3.63) is 37.1 Å². The van der Waals surface area contributed by atoms with Crippen LogP contribution in [0.2, 0.25) is 0 Å². The van der Waals surface area contributed by atoms with Gasteiger partial charge in [0.2, 0.25) is 0 Å². The second kappa shape index (κ2) is 16.4. The maximum Gasteiger partial charge on any atom is 0.328 e. The van der Waals surface area contributed by atoms with Gasteiger partial charge in [0.25, 0.3) is 0 Å². The van der Waals surface area contributed by atoms with Crippen molar-refractivity contribution >= 4 is 29.5 Å². The smallest absolute Gasteiger partial charge is 0.328 e. The van der Waals surface area contributed by atoms with Gasteiger partial charge < -0.3 is 14.9 Å². The molecule has 0 aliphatic carbocycles. The van der Waals surface area contributed by atoms with Crippen LogP contribution in [0.25, 0.3) is 0 Å². The molecule has 2 N–H and O–H groups in total. The molecule has 7 heteroatoms. The van der Waals surface area contributed by atoms with Gasteiger partial charge in [-0.2, -0.15) is 0 Å². The number of rotatable bonds is 3. The van der Waals surface area contributed by atoms with Gasteiger partial charge in [-0.15, -0.1) is 0 Å². The van der Waals surface area contributed by atoms with E-state index in [-0.39, 0.29) is 5.97 Å². The molecule has 0 aromatic carbocycles. The Labute approximate surface area is 103 Å². The van der Waals surface area contributed by atoms with Gasteiger partial charge >= 0.3 is 17.9 Å². The average molecular weight is 265 g/mol. The summed E-state index contributed by atoms with van der Waals surface area (Å²) in [4.78, 5) is 28.9. The molecule has 0 spiro atoms. The number of carbonyl (C=O) groups is 3. The Morgan fingerprint density at radius 1 is 1.12 bits per heavy atom. The lowest BCUT2D eigenvalue weighted by Crippen LogP contribution is -1.91. The zero-order chi connectivity index (χ0) is 14.3. The Morgan fingerprint density at radius 2 is 1.41 bits per heavy atom. The van der Waals surface area contributed by atoms with Crippen molar-refractivity contribution in [3.63, 3.8) is 0 Å². The number of hydrogen-bond donors (Lipinski definition) is 2. The number of carboxylic acid groups (broad SMARTS) is 2. The second-order valence-electron chi connectivity index (χ2n) is 1.94. The highest BCUT2D eigenvalue weighted by molar-refractivity contribution is 6.25. The number of aliphatic carboxylic acids is 2. The maximum atomic E-state index is 9.75. The van der Waals surface area contributed by atoms with E-state index >= 15 is 0 Å². The molecule has 0 aromatic heterocycles. The van der Waals surface area contributed by atoms with Crippen LogP contribution in [0.5, 0.6) is 0 Å². The maximum absolute atomic E-state index is 9.75. The molecule has 0 amide bonds. The first-order valence-corrected chi connectivity index (χ1v) is 4.38. The van der Waals surface area contributed by atoms with Crippen LogP contribution in [0.1, 0.15) is 6.92 Å². The van der Waals surface area contributed by atoms with Gasteiger partial charge in [-0.05, 0) is 5.54 Å². The Hall–Kier alpha value is -2.08. The molecule has 0 rings (SSSR count). The third-order valence-electron chi connectivity index (χ3n) is 0.618. The molecule has 0 heterocycles. The number of hydrogen-bond acceptors (Lipinski definition) is 4. The first kappa shape index (κ1) is 20.3. The monoisotopic (exact) mass is 264 g/mol. The van der Waals surface area contributed by atoms with E-state index in [0.29, 0.717) is 12.2 Å². The molecule has 96 valence electrons. The topological polar surface area (TPSA) is 101 Å². The standard InChI is InChI=1S/C4H4O4.C4H6O2.C2H3Cl/c5-3(6)1-2-4(7)8;1-3-6-4(2)5;1-2-3/h1-2H,(H,5,6)(H,7,8);3H,1H2,2H3;2H,1H2. The predicted molar refractivity (Wildman–Crippen MR) is 62.4 cm³/mol. The molecule has 17 heavy (non-hydrogen) atoms. The highest BCUT2D eigenvalue weighted by Crippen LogP contribution is 1.71. The van der Waals surface area contributed by atoms with Crippen LogP contribution in [-0.2, 0) is 19.1 Å². The minimum Gasteiger partial charge on any atom is -0.478 e. The molecule has 0 aliphatic rings. The molecule has 0 fully saturated rings. The highest BCUT2D eigenvalue weighted by atomic mass is 35.5. The molecular weight excluding hydrogens is 252 g/mol. The summed E-state index contributed by atoms with van der Waals surface area (Å²) in [7, 11) is 0. The van der Waals surface area contributed by atoms with E-state index in [0.717, 1.165) is 6.26 Å². The lowest BCUT2D eigenvalue weighted by atomic mass is 10.5. The van der Waals surface area contributed by atoms with Crippen molar-refractivity contribution in [2.45, 2.75) is 6.92 Å². The quantitative estimate of drug-likeness (QED) is 0.458. The van der Waals surface area contributed by atoms with E-state index in [2.05, 4.69) is 17.9 Å². The second-order valence-corrected chi connectivity index (χ2v) is 2.25. The van der Waals surface area contributed by atoms with E-state index in [9.17, 15) is 14.4 Å². The van der Waals surface area contributed by atoms with Gasteiger partial charge in [0.15, 0.2) is 0 Å². The van der Waals surface area contributed by atoms with Crippen LogP contribution < -0.4 is 0 Å². The molecule has 0 aromatic rings. The average Bonchev–Trinajstić information content (AvgIpc) is 2.16. The number of halogens is 1. The number of esters is 1. The minimum atomic E-state index is -1.26. The Morgan fingerprint density at radius 3 is 1.47 bits per heavy atom. The zero-order valence-corrected chi connectivity index (χ0v) is 9.88. The lowest BCUT2D eigenvalue weighted by molar-refractivity contribution is -0.135. The molecule has 0 aliphatic heterocycles. The van der Waals surface area contributed by atoms with Crippen molar-refractivity contribution in [1.29, 1.82) is 0 Å². The van der Waals surface area contributed by atoms with Gasteiger partial charge in [0.05, 0.1) is 6.26 Å². The van der Waals surface area contributed by atoms with E-state index in [1.807, 2.05) is 0 Å². The summed E-state index contributed by atoms with van der Waals surface area (Å²) in [5.74, 6) is -2.84. The van der Waals surface area contributed by atoms with Gasteiger partial charge in [-0.25, -0.2) is 9.59 Å². The molecule has 0 atom stereocenters. The van der Waals surface area contributed by atoms with Gasteiger partial charge in [-0.1, -0.05) is 24.8 Å². The van der Waals surface area contributed by atoms with Crippen molar-refractivity contribution < 1.29 is 29.3 Å². The van der Waals surface area contributed by atoms with Gasteiger partial charge in [-0.3, -0.25) is 4.79 Å². The third-order valence-corrected chi connectivity index (χ3v) is 0.618.